The van der Waals surface area contributed by atoms with Gasteiger partial charge in [0.25, 0.3) is 13.6 Å². The smallest absolute Gasteiger partial charge is 0.336 e. The summed E-state index contributed by atoms with van der Waals surface area (Å²) in [4.78, 5) is 11.0. The van der Waals surface area contributed by atoms with Crippen molar-refractivity contribution in [1.29, 1.82) is 0 Å². The molecular formula is C7H11O4P. The fraction of sp³-hybridized carbons (Fsp3) is 0.571. The summed E-state index contributed by atoms with van der Waals surface area (Å²) in [5.74, 6) is -0.548. The van der Waals surface area contributed by atoms with Crippen LogP contribution in [-0.2, 0) is 18.6 Å². The Labute approximate surface area is 71.4 Å². The third-order valence-electron chi connectivity index (χ3n) is 1.60. The monoisotopic (exact) mass is 190 g/mol. The maximum absolute atomic E-state index is 11.0. The maximum Gasteiger partial charge on any atom is 0.336 e. The zero-order chi connectivity index (χ0) is 9.35. The van der Waals surface area contributed by atoms with Gasteiger partial charge in [0.15, 0.2) is 0 Å². The predicted octanol–water partition coefficient (Wildman–Crippen LogP) is 1.67. The number of hydrogen-bond donors (Lipinski definition) is 0. The van der Waals surface area contributed by atoms with E-state index in [4.69, 9.17) is 9.26 Å². The molecule has 2 unspecified atom stereocenters. The molecule has 0 aromatic carbocycles. The summed E-state index contributed by atoms with van der Waals surface area (Å²) in [7, 11) is -2.14. The molecule has 0 amide bonds. The van der Waals surface area contributed by atoms with Crippen molar-refractivity contribution in [3.8, 4) is 0 Å². The lowest BCUT2D eigenvalue weighted by Gasteiger charge is -2.08. The zero-order valence-electron chi connectivity index (χ0n) is 7.05. The Morgan fingerprint density at radius 3 is 2.50 bits per heavy atom. The maximum atomic E-state index is 11.0. The van der Waals surface area contributed by atoms with E-state index in [1.54, 1.807) is 6.92 Å². The van der Waals surface area contributed by atoms with E-state index in [1.165, 1.54) is 6.92 Å². The summed E-state index contributed by atoms with van der Waals surface area (Å²) >= 11 is 0. The van der Waals surface area contributed by atoms with Gasteiger partial charge in [-0.15, -0.1) is 0 Å². The molecule has 0 aromatic heterocycles. The number of ether oxygens (including phenoxy) is 1. The second-order valence-electron chi connectivity index (χ2n) is 2.67. The van der Waals surface area contributed by atoms with E-state index in [-0.39, 0.29) is 5.57 Å². The number of carbonyl (C=O) groups excluding carboxylic acids is 1. The molecule has 1 fully saturated rings. The molecule has 0 N–H and O–H groups in total. The molecule has 1 aliphatic rings. The molecular weight excluding hydrogens is 179 g/mol. The van der Waals surface area contributed by atoms with Crippen molar-refractivity contribution in [1.82, 2.24) is 0 Å². The average molecular weight is 190 g/mol. The van der Waals surface area contributed by atoms with Gasteiger partial charge in [0.05, 0.1) is 0 Å². The molecule has 0 spiro atoms. The normalized spacial score (nSPS) is 32.7. The van der Waals surface area contributed by atoms with Crippen LogP contribution in [0, 0.1) is 0 Å². The van der Waals surface area contributed by atoms with Crippen LogP contribution in [0.5, 0.6) is 0 Å². The molecule has 1 heterocycles. The fourth-order valence-corrected chi connectivity index (χ4v) is 1.74. The van der Waals surface area contributed by atoms with Gasteiger partial charge in [-0.25, -0.2) is 4.79 Å². The number of esters is 1. The molecule has 0 aromatic rings. The molecule has 68 valence electrons. The van der Waals surface area contributed by atoms with Crippen LogP contribution in [-0.4, -0.2) is 11.5 Å². The first-order chi connectivity index (χ1) is 5.52. The lowest BCUT2D eigenvalue weighted by atomic mass is 10.3. The highest BCUT2D eigenvalue weighted by molar-refractivity contribution is 7.47. The van der Waals surface area contributed by atoms with E-state index < -0.39 is 19.5 Å². The van der Waals surface area contributed by atoms with E-state index >= 15 is 0 Å². The first-order valence-electron chi connectivity index (χ1n) is 3.64. The van der Waals surface area contributed by atoms with Gasteiger partial charge in [-0.05, 0) is 6.92 Å². The molecule has 1 aliphatic heterocycles. The van der Waals surface area contributed by atoms with Crippen LogP contribution in [0.4, 0.5) is 0 Å². The molecule has 12 heavy (non-hydrogen) atoms. The second kappa shape index (κ2) is 3.04. The van der Waals surface area contributed by atoms with E-state index in [0.29, 0.717) is 6.42 Å². The van der Waals surface area contributed by atoms with Crippen molar-refractivity contribution in [2.45, 2.75) is 25.8 Å². The summed E-state index contributed by atoms with van der Waals surface area (Å²) in [5, 5.41) is 0. The Morgan fingerprint density at radius 1 is 1.75 bits per heavy atom. The van der Waals surface area contributed by atoms with Crippen LogP contribution in [0.15, 0.2) is 12.2 Å². The third kappa shape index (κ3) is 1.59. The van der Waals surface area contributed by atoms with E-state index in [0.717, 1.165) is 0 Å². The number of rotatable bonds is 3. The highest BCUT2D eigenvalue weighted by Crippen LogP contribution is 2.63. The van der Waals surface area contributed by atoms with Crippen LogP contribution in [0.25, 0.3) is 0 Å². The standard InChI is InChI=1S/C7H11O4P/c1-4-7(11-12(7)9)10-6(8)5(2)3/h12H,2,4H2,1,3H3. The van der Waals surface area contributed by atoms with Gasteiger partial charge in [0.2, 0.25) is 0 Å². The Hall–Kier alpha value is -0.600. The number of hydrogen-bond acceptors (Lipinski definition) is 4. The molecule has 0 radical (unpaired) electrons. The highest BCUT2D eigenvalue weighted by atomic mass is 31.1. The minimum atomic E-state index is -2.14. The fourth-order valence-electron chi connectivity index (χ4n) is 0.712. The van der Waals surface area contributed by atoms with Crippen molar-refractivity contribution in [2.75, 3.05) is 0 Å². The quantitative estimate of drug-likeness (QED) is 0.294. The number of carbonyl (C=O) groups is 1. The second-order valence-corrected chi connectivity index (χ2v) is 4.21. The van der Waals surface area contributed by atoms with E-state index in [2.05, 4.69) is 6.58 Å². The van der Waals surface area contributed by atoms with Crippen LogP contribution >= 0.6 is 8.03 Å². The van der Waals surface area contributed by atoms with Gasteiger partial charge in [-0.2, -0.15) is 0 Å². The summed E-state index contributed by atoms with van der Waals surface area (Å²) < 4.78 is 20.4. The molecule has 1 saturated heterocycles. The van der Waals surface area contributed by atoms with Gasteiger partial charge >= 0.3 is 5.97 Å². The third-order valence-corrected chi connectivity index (χ3v) is 3.11. The van der Waals surface area contributed by atoms with Gasteiger partial charge in [-0.1, -0.05) is 13.5 Å². The van der Waals surface area contributed by atoms with Crippen LogP contribution in [0.1, 0.15) is 20.3 Å². The first-order valence-corrected chi connectivity index (χ1v) is 4.96. The van der Waals surface area contributed by atoms with Crippen LogP contribution in [0.2, 0.25) is 0 Å². The van der Waals surface area contributed by atoms with Crippen molar-refractivity contribution in [3.05, 3.63) is 12.2 Å². The van der Waals surface area contributed by atoms with Gasteiger partial charge in [0.1, 0.15) is 0 Å². The summed E-state index contributed by atoms with van der Waals surface area (Å²) in [5.41, 5.74) is -0.825. The minimum absolute atomic E-state index is 0.285. The summed E-state index contributed by atoms with van der Waals surface area (Å²) in [6, 6.07) is 0. The summed E-state index contributed by atoms with van der Waals surface area (Å²) in [6.45, 7) is 6.69. The van der Waals surface area contributed by atoms with Crippen LogP contribution in [0.3, 0.4) is 0 Å². The Kier molecular flexibility index (Phi) is 2.40. The largest absolute Gasteiger partial charge is 0.420 e. The van der Waals surface area contributed by atoms with Crippen molar-refractivity contribution < 1.29 is 18.6 Å². The minimum Gasteiger partial charge on any atom is -0.420 e. The molecule has 5 heteroatoms. The predicted molar refractivity (Wildman–Crippen MR) is 44.0 cm³/mol. The molecule has 0 aliphatic carbocycles. The van der Waals surface area contributed by atoms with Gasteiger partial charge in [0, 0.05) is 12.0 Å². The highest BCUT2D eigenvalue weighted by Gasteiger charge is 2.57. The Bertz CT molecular complexity index is 260. The van der Waals surface area contributed by atoms with Crippen molar-refractivity contribution >= 4 is 14.0 Å². The Balaban J connectivity index is 2.57. The van der Waals surface area contributed by atoms with Gasteiger partial charge in [-0.3, -0.25) is 9.09 Å². The molecule has 4 nitrogen and oxygen atoms in total. The topological polar surface area (TPSA) is 55.9 Å². The van der Waals surface area contributed by atoms with E-state index in [1.807, 2.05) is 0 Å². The molecule has 2 atom stereocenters. The SMILES string of the molecule is C=C(C)C(=O)OC1(CC)O[PH]1=O. The molecule has 1 rings (SSSR count). The Morgan fingerprint density at radius 2 is 2.25 bits per heavy atom. The average Bonchev–Trinajstić information content (AvgIpc) is 2.62. The van der Waals surface area contributed by atoms with Crippen molar-refractivity contribution in [3.63, 3.8) is 0 Å². The summed E-state index contributed by atoms with van der Waals surface area (Å²) in [6.07, 6.45) is 0.420. The lowest BCUT2D eigenvalue weighted by molar-refractivity contribution is -0.153. The van der Waals surface area contributed by atoms with E-state index in [9.17, 15) is 9.36 Å². The molecule has 0 saturated carbocycles. The van der Waals surface area contributed by atoms with Gasteiger partial charge < -0.3 is 4.74 Å². The molecule has 0 bridgehead atoms. The lowest BCUT2D eigenvalue weighted by Crippen LogP contribution is -2.18. The van der Waals surface area contributed by atoms with Crippen molar-refractivity contribution in [2.24, 2.45) is 0 Å². The first kappa shape index (κ1) is 9.49. The van der Waals surface area contributed by atoms with Crippen LogP contribution < -0.4 is 0 Å². The zero-order valence-corrected chi connectivity index (χ0v) is 8.05.